The van der Waals surface area contributed by atoms with Crippen LogP contribution in [0.4, 0.5) is 0 Å². The molecule has 0 fully saturated rings. The van der Waals surface area contributed by atoms with Gasteiger partial charge >= 0.3 is 0 Å². The third-order valence-corrected chi connectivity index (χ3v) is 2.80. The summed E-state index contributed by atoms with van der Waals surface area (Å²) in [6, 6.07) is 0. The summed E-state index contributed by atoms with van der Waals surface area (Å²) in [6.45, 7) is 6.43. The molecule has 0 radical (unpaired) electrons. The van der Waals surface area contributed by atoms with Crippen LogP contribution in [0.3, 0.4) is 0 Å². The van der Waals surface area contributed by atoms with Crippen molar-refractivity contribution in [3.63, 3.8) is 0 Å². The minimum atomic E-state index is 0.297. The molecule has 0 aromatic rings. The largest absolute Gasteiger partial charge is 0.299 e. The molecule has 0 spiro atoms. The molecule has 0 aliphatic carbocycles. The first-order chi connectivity index (χ1) is 6.72. The number of ketones is 1. The van der Waals surface area contributed by atoms with Crippen LogP contribution in [-0.2, 0) is 4.79 Å². The van der Waals surface area contributed by atoms with E-state index in [1.165, 1.54) is 25.7 Å². The van der Waals surface area contributed by atoms with Crippen LogP contribution in [0.15, 0.2) is 0 Å². The Morgan fingerprint density at radius 3 is 2.21 bits per heavy atom. The number of carbonyl (C=O) groups is 1. The molecule has 0 aromatic carbocycles. The third kappa shape index (κ3) is 7.11. The van der Waals surface area contributed by atoms with Gasteiger partial charge in [0.1, 0.15) is 5.78 Å². The van der Waals surface area contributed by atoms with Crippen molar-refractivity contribution in [1.82, 2.24) is 0 Å². The van der Waals surface area contributed by atoms with Gasteiger partial charge < -0.3 is 0 Å². The lowest BCUT2D eigenvalue weighted by molar-refractivity contribution is -0.122. The Hall–Kier alpha value is -0.330. The van der Waals surface area contributed by atoms with Crippen LogP contribution in [0.5, 0.6) is 0 Å². The topological polar surface area (TPSA) is 17.1 Å². The van der Waals surface area contributed by atoms with Crippen LogP contribution in [0, 0.1) is 5.92 Å². The van der Waals surface area contributed by atoms with E-state index >= 15 is 0 Å². The molecular weight excluding hydrogens is 172 g/mol. The van der Waals surface area contributed by atoms with Crippen LogP contribution in [0.1, 0.15) is 72.1 Å². The van der Waals surface area contributed by atoms with Crippen molar-refractivity contribution in [2.24, 2.45) is 5.92 Å². The quantitative estimate of drug-likeness (QED) is 0.503. The van der Waals surface area contributed by atoms with E-state index in [-0.39, 0.29) is 0 Å². The normalized spacial score (nSPS) is 12.8. The van der Waals surface area contributed by atoms with Crippen LogP contribution in [0.2, 0.25) is 0 Å². The van der Waals surface area contributed by atoms with Crippen molar-refractivity contribution in [2.45, 2.75) is 72.1 Å². The molecule has 0 N–H and O–H groups in total. The molecule has 0 aliphatic heterocycles. The van der Waals surface area contributed by atoms with Gasteiger partial charge in [-0.25, -0.2) is 0 Å². The van der Waals surface area contributed by atoms with Crippen LogP contribution in [-0.4, -0.2) is 5.78 Å². The van der Waals surface area contributed by atoms with Gasteiger partial charge in [0.05, 0.1) is 0 Å². The highest BCUT2D eigenvalue weighted by atomic mass is 16.1. The third-order valence-electron chi connectivity index (χ3n) is 2.80. The molecule has 0 bridgehead atoms. The summed E-state index contributed by atoms with van der Waals surface area (Å²) in [4.78, 5) is 11.6. The second kappa shape index (κ2) is 9.23. The maximum Gasteiger partial charge on any atom is 0.135 e. The number of Topliss-reactive ketones (excluding diaryl/α,β-unsaturated/α-hetero) is 1. The fourth-order valence-corrected chi connectivity index (χ4v) is 1.74. The van der Waals surface area contributed by atoms with E-state index in [1.807, 2.05) is 0 Å². The summed E-state index contributed by atoms with van der Waals surface area (Å²) < 4.78 is 0. The van der Waals surface area contributed by atoms with Crippen molar-refractivity contribution in [3.8, 4) is 0 Å². The molecule has 0 amide bonds. The summed E-state index contributed by atoms with van der Waals surface area (Å²) in [5, 5.41) is 0. The molecule has 1 nitrogen and oxygen atoms in total. The zero-order valence-electron chi connectivity index (χ0n) is 10.1. The number of hydrogen-bond acceptors (Lipinski definition) is 1. The average molecular weight is 198 g/mol. The van der Waals surface area contributed by atoms with Gasteiger partial charge in [0.15, 0.2) is 0 Å². The molecule has 0 saturated heterocycles. The van der Waals surface area contributed by atoms with E-state index in [0.29, 0.717) is 11.7 Å². The fraction of sp³-hybridized carbons (Fsp3) is 0.923. The maximum absolute atomic E-state index is 11.6. The molecule has 1 atom stereocenters. The minimum absolute atomic E-state index is 0.297. The fourth-order valence-electron chi connectivity index (χ4n) is 1.74. The average Bonchev–Trinajstić information content (AvgIpc) is 2.17. The summed E-state index contributed by atoms with van der Waals surface area (Å²) in [7, 11) is 0. The van der Waals surface area contributed by atoms with Gasteiger partial charge in [0, 0.05) is 12.3 Å². The summed E-state index contributed by atoms with van der Waals surface area (Å²) in [5.41, 5.74) is 0. The van der Waals surface area contributed by atoms with Crippen molar-refractivity contribution in [2.75, 3.05) is 0 Å². The molecule has 0 rings (SSSR count). The molecule has 1 heteroatoms. The Balaban J connectivity index is 3.34. The SMILES string of the molecule is CCCCCCCC(=O)C(C)CCC. The molecule has 0 aliphatic rings. The Labute approximate surface area is 89.3 Å². The lowest BCUT2D eigenvalue weighted by Gasteiger charge is -2.08. The van der Waals surface area contributed by atoms with E-state index < -0.39 is 0 Å². The minimum Gasteiger partial charge on any atom is -0.299 e. The highest BCUT2D eigenvalue weighted by molar-refractivity contribution is 5.80. The van der Waals surface area contributed by atoms with E-state index in [2.05, 4.69) is 20.8 Å². The highest BCUT2D eigenvalue weighted by Crippen LogP contribution is 2.12. The van der Waals surface area contributed by atoms with Gasteiger partial charge in [-0.2, -0.15) is 0 Å². The number of unbranched alkanes of at least 4 members (excludes halogenated alkanes) is 4. The van der Waals surface area contributed by atoms with Gasteiger partial charge in [-0.15, -0.1) is 0 Å². The zero-order valence-corrected chi connectivity index (χ0v) is 10.1. The molecule has 0 aromatic heterocycles. The van der Waals surface area contributed by atoms with E-state index in [9.17, 15) is 4.79 Å². The van der Waals surface area contributed by atoms with Crippen LogP contribution < -0.4 is 0 Å². The summed E-state index contributed by atoms with van der Waals surface area (Å²) in [5.74, 6) is 0.773. The molecule has 14 heavy (non-hydrogen) atoms. The standard InChI is InChI=1S/C13H26O/c1-4-6-7-8-9-11-13(14)12(3)10-5-2/h12H,4-11H2,1-3H3. The van der Waals surface area contributed by atoms with Crippen molar-refractivity contribution < 1.29 is 4.79 Å². The van der Waals surface area contributed by atoms with Crippen molar-refractivity contribution in [3.05, 3.63) is 0 Å². The van der Waals surface area contributed by atoms with Gasteiger partial charge in [-0.05, 0) is 12.8 Å². The van der Waals surface area contributed by atoms with Gasteiger partial charge in [-0.1, -0.05) is 52.9 Å². The molecule has 0 heterocycles. The van der Waals surface area contributed by atoms with Gasteiger partial charge in [0.2, 0.25) is 0 Å². The zero-order chi connectivity index (χ0) is 10.8. The van der Waals surface area contributed by atoms with Crippen LogP contribution in [0.25, 0.3) is 0 Å². The lowest BCUT2D eigenvalue weighted by Crippen LogP contribution is -2.10. The molecule has 1 unspecified atom stereocenters. The first-order valence-electron chi connectivity index (χ1n) is 6.25. The smallest absolute Gasteiger partial charge is 0.135 e. The molecular formula is C13H26O. The second-order valence-electron chi connectivity index (χ2n) is 4.32. The first-order valence-corrected chi connectivity index (χ1v) is 6.25. The second-order valence-corrected chi connectivity index (χ2v) is 4.32. The number of rotatable bonds is 9. The Kier molecular flexibility index (Phi) is 9.02. The Morgan fingerprint density at radius 2 is 1.64 bits per heavy atom. The number of carbonyl (C=O) groups excluding carboxylic acids is 1. The van der Waals surface area contributed by atoms with E-state index in [4.69, 9.17) is 0 Å². The number of hydrogen-bond donors (Lipinski definition) is 0. The summed E-state index contributed by atoms with van der Waals surface area (Å²) >= 11 is 0. The predicted octanol–water partition coefficient (Wildman–Crippen LogP) is 4.35. The first kappa shape index (κ1) is 13.7. The van der Waals surface area contributed by atoms with E-state index in [0.717, 1.165) is 25.7 Å². The van der Waals surface area contributed by atoms with Gasteiger partial charge in [-0.3, -0.25) is 4.79 Å². The monoisotopic (exact) mass is 198 g/mol. The summed E-state index contributed by atoms with van der Waals surface area (Å²) in [6.07, 6.45) is 9.23. The molecule has 0 saturated carbocycles. The van der Waals surface area contributed by atoms with Gasteiger partial charge in [0.25, 0.3) is 0 Å². The predicted molar refractivity (Wildman–Crippen MR) is 62.5 cm³/mol. The van der Waals surface area contributed by atoms with Crippen molar-refractivity contribution in [1.29, 1.82) is 0 Å². The van der Waals surface area contributed by atoms with E-state index in [1.54, 1.807) is 0 Å². The maximum atomic E-state index is 11.6. The van der Waals surface area contributed by atoms with Crippen LogP contribution >= 0.6 is 0 Å². The Morgan fingerprint density at radius 1 is 1.00 bits per heavy atom. The highest BCUT2D eigenvalue weighted by Gasteiger charge is 2.10. The van der Waals surface area contributed by atoms with Crippen molar-refractivity contribution >= 4 is 5.78 Å². The Bertz CT molecular complexity index is 140. The lowest BCUT2D eigenvalue weighted by atomic mass is 9.96. The molecule has 84 valence electrons.